The summed E-state index contributed by atoms with van der Waals surface area (Å²) < 4.78 is 31.6. The minimum atomic E-state index is -3.10. The first-order valence-corrected chi connectivity index (χ1v) is 4.47. The van der Waals surface area contributed by atoms with Gasteiger partial charge in [0.25, 0.3) is 5.92 Å². The molecule has 0 spiro atoms. The molecule has 0 aromatic heterocycles. The van der Waals surface area contributed by atoms with Crippen molar-refractivity contribution in [2.75, 3.05) is 7.11 Å². The van der Waals surface area contributed by atoms with Crippen LogP contribution in [-0.4, -0.2) is 12.9 Å². The molecule has 0 amide bonds. The van der Waals surface area contributed by atoms with Crippen molar-refractivity contribution in [3.8, 4) is 5.75 Å². The van der Waals surface area contributed by atoms with E-state index in [0.717, 1.165) is 6.92 Å². The highest BCUT2D eigenvalue weighted by Gasteiger charge is 2.32. The Hall–Kier alpha value is -1.45. The van der Waals surface area contributed by atoms with Crippen LogP contribution in [0, 0.1) is 0 Å². The normalized spacial score (nSPS) is 11.2. The molecule has 0 heterocycles. The van der Waals surface area contributed by atoms with Crippen molar-refractivity contribution >= 4 is 5.78 Å². The second-order valence-electron chi connectivity index (χ2n) is 3.31. The second kappa shape index (κ2) is 4.38. The molecule has 1 aromatic carbocycles. The number of halogens is 2. The third-order valence-corrected chi connectivity index (χ3v) is 1.98. The minimum absolute atomic E-state index is 0.168. The van der Waals surface area contributed by atoms with Gasteiger partial charge in [-0.05, 0) is 31.2 Å². The van der Waals surface area contributed by atoms with Gasteiger partial charge in [0.05, 0.1) is 13.5 Å². The highest BCUT2D eigenvalue weighted by Crippen LogP contribution is 2.32. The summed E-state index contributed by atoms with van der Waals surface area (Å²) in [5, 5.41) is 0. The lowest BCUT2D eigenvalue weighted by atomic mass is 10.0. The van der Waals surface area contributed by atoms with Crippen molar-refractivity contribution < 1.29 is 18.3 Å². The number of Topliss-reactive ketones (excluding diaryl/α,β-unsaturated/α-hetero) is 1. The molecule has 0 unspecified atom stereocenters. The van der Waals surface area contributed by atoms with E-state index in [1.165, 1.54) is 31.4 Å². The molecular formula is C11H12F2O2. The molecule has 0 aliphatic rings. The van der Waals surface area contributed by atoms with Crippen molar-refractivity contribution in [1.29, 1.82) is 0 Å². The highest BCUT2D eigenvalue weighted by atomic mass is 19.3. The van der Waals surface area contributed by atoms with E-state index in [1.54, 1.807) is 0 Å². The van der Waals surface area contributed by atoms with Gasteiger partial charge in [0.15, 0.2) is 0 Å². The van der Waals surface area contributed by atoms with E-state index in [0.29, 0.717) is 5.75 Å². The van der Waals surface area contributed by atoms with Crippen molar-refractivity contribution in [3.05, 3.63) is 29.8 Å². The van der Waals surface area contributed by atoms with Crippen molar-refractivity contribution in [2.24, 2.45) is 0 Å². The summed E-state index contributed by atoms with van der Waals surface area (Å²) in [5.74, 6) is -3.12. The van der Waals surface area contributed by atoms with Crippen LogP contribution in [0.2, 0.25) is 0 Å². The number of alkyl halides is 2. The number of carbonyl (C=O) groups is 1. The molecule has 0 N–H and O–H groups in total. The van der Waals surface area contributed by atoms with E-state index in [9.17, 15) is 13.6 Å². The Balaban J connectivity index is 2.89. The zero-order valence-corrected chi connectivity index (χ0v) is 8.59. The van der Waals surface area contributed by atoms with Gasteiger partial charge in [-0.2, -0.15) is 0 Å². The van der Waals surface area contributed by atoms with Crippen LogP contribution in [0.25, 0.3) is 0 Å². The smallest absolute Gasteiger partial charge is 0.280 e. The second-order valence-corrected chi connectivity index (χ2v) is 3.31. The van der Waals surface area contributed by atoms with Gasteiger partial charge in [-0.25, -0.2) is 8.78 Å². The molecule has 0 fully saturated rings. The Kier molecular flexibility index (Phi) is 3.39. The van der Waals surface area contributed by atoms with E-state index in [2.05, 4.69) is 0 Å². The van der Waals surface area contributed by atoms with Gasteiger partial charge in [-0.15, -0.1) is 0 Å². The van der Waals surface area contributed by atoms with Crippen molar-refractivity contribution in [3.63, 3.8) is 0 Å². The molecule has 0 bridgehead atoms. The molecule has 1 rings (SSSR count). The summed E-state index contributed by atoms with van der Waals surface area (Å²) in [6.45, 7) is 1.15. The minimum Gasteiger partial charge on any atom is -0.497 e. The number of methoxy groups -OCH3 is 1. The average Bonchev–Trinajstić information content (AvgIpc) is 2.16. The van der Waals surface area contributed by atoms with Crippen LogP contribution in [0.15, 0.2) is 24.3 Å². The van der Waals surface area contributed by atoms with E-state index in [1.807, 2.05) is 0 Å². The first kappa shape index (κ1) is 11.6. The summed E-state index contributed by atoms with van der Waals surface area (Å²) in [6, 6.07) is 5.43. The fourth-order valence-corrected chi connectivity index (χ4v) is 1.25. The van der Waals surface area contributed by atoms with Crippen molar-refractivity contribution in [1.82, 2.24) is 0 Å². The number of ether oxygens (including phenoxy) is 1. The van der Waals surface area contributed by atoms with E-state index >= 15 is 0 Å². The lowest BCUT2D eigenvalue weighted by molar-refractivity contribution is -0.124. The van der Waals surface area contributed by atoms with Crippen LogP contribution in [0.1, 0.15) is 18.9 Å². The molecular weight excluding hydrogens is 202 g/mol. The Morgan fingerprint density at radius 1 is 1.33 bits per heavy atom. The molecule has 0 atom stereocenters. The fourth-order valence-electron chi connectivity index (χ4n) is 1.25. The molecule has 4 heteroatoms. The zero-order chi connectivity index (χ0) is 11.5. The Labute approximate surface area is 86.9 Å². The van der Waals surface area contributed by atoms with Crippen LogP contribution in [-0.2, 0) is 10.7 Å². The maximum absolute atomic E-state index is 13.4. The summed E-state index contributed by atoms with van der Waals surface area (Å²) in [5.41, 5.74) is -0.168. The Bertz CT molecular complexity index is 344. The number of ketones is 1. The van der Waals surface area contributed by atoms with Crippen LogP contribution < -0.4 is 4.74 Å². The first-order valence-electron chi connectivity index (χ1n) is 4.47. The third kappa shape index (κ3) is 3.01. The maximum atomic E-state index is 13.4. The first-order chi connectivity index (χ1) is 6.95. The fraction of sp³-hybridized carbons (Fsp3) is 0.364. The number of carbonyl (C=O) groups excluding carboxylic acids is 1. The molecule has 15 heavy (non-hydrogen) atoms. The molecule has 0 aliphatic heterocycles. The molecule has 0 saturated carbocycles. The molecule has 0 aliphatic carbocycles. The molecule has 1 aromatic rings. The molecule has 0 saturated heterocycles. The predicted octanol–water partition coefficient (Wildman–Crippen LogP) is 2.77. The lowest BCUT2D eigenvalue weighted by Crippen LogP contribution is -2.17. The highest BCUT2D eigenvalue weighted by molar-refractivity contribution is 5.76. The number of benzene rings is 1. The van der Waals surface area contributed by atoms with Crippen molar-refractivity contribution in [2.45, 2.75) is 19.3 Å². The topological polar surface area (TPSA) is 26.3 Å². The quantitative estimate of drug-likeness (QED) is 0.770. The summed E-state index contributed by atoms with van der Waals surface area (Å²) in [6.07, 6.45) is -0.765. The maximum Gasteiger partial charge on any atom is 0.280 e. The standard InChI is InChI=1S/C11H12F2O2/c1-8(14)7-11(12,13)9-3-5-10(15-2)6-4-9/h3-6H,7H2,1-2H3. The van der Waals surface area contributed by atoms with Gasteiger partial charge in [-0.1, -0.05) is 0 Å². The van der Waals surface area contributed by atoms with Crippen LogP contribution in [0.3, 0.4) is 0 Å². The molecule has 2 nitrogen and oxygen atoms in total. The van der Waals surface area contributed by atoms with E-state index in [-0.39, 0.29) is 5.56 Å². The number of hydrogen-bond acceptors (Lipinski definition) is 2. The van der Waals surface area contributed by atoms with Crippen LogP contribution >= 0.6 is 0 Å². The Morgan fingerprint density at radius 3 is 2.27 bits per heavy atom. The average molecular weight is 214 g/mol. The summed E-state index contributed by atoms with van der Waals surface area (Å²) in [4.78, 5) is 10.7. The van der Waals surface area contributed by atoms with Gasteiger partial charge in [-0.3, -0.25) is 4.79 Å². The monoisotopic (exact) mass is 214 g/mol. The van der Waals surface area contributed by atoms with Crippen LogP contribution in [0.5, 0.6) is 5.75 Å². The number of rotatable bonds is 4. The summed E-state index contributed by atoms with van der Waals surface area (Å²) >= 11 is 0. The van der Waals surface area contributed by atoms with Gasteiger partial charge >= 0.3 is 0 Å². The Morgan fingerprint density at radius 2 is 1.87 bits per heavy atom. The van der Waals surface area contributed by atoms with E-state index in [4.69, 9.17) is 4.74 Å². The van der Waals surface area contributed by atoms with Gasteiger partial charge in [0, 0.05) is 5.56 Å². The molecule has 82 valence electrons. The number of hydrogen-bond donors (Lipinski definition) is 0. The van der Waals surface area contributed by atoms with Gasteiger partial charge < -0.3 is 4.74 Å². The van der Waals surface area contributed by atoms with Crippen LogP contribution in [0.4, 0.5) is 8.78 Å². The third-order valence-electron chi connectivity index (χ3n) is 1.98. The molecule has 0 radical (unpaired) electrons. The summed E-state index contributed by atoms with van der Waals surface area (Å²) in [7, 11) is 1.46. The van der Waals surface area contributed by atoms with Gasteiger partial charge in [0.1, 0.15) is 11.5 Å². The predicted molar refractivity (Wildman–Crippen MR) is 52.2 cm³/mol. The van der Waals surface area contributed by atoms with E-state index < -0.39 is 18.1 Å². The SMILES string of the molecule is COc1ccc(C(F)(F)CC(C)=O)cc1. The zero-order valence-electron chi connectivity index (χ0n) is 8.59. The lowest BCUT2D eigenvalue weighted by Gasteiger charge is -2.15. The largest absolute Gasteiger partial charge is 0.497 e. The van der Waals surface area contributed by atoms with Gasteiger partial charge in [0.2, 0.25) is 0 Å².